The molecule has 11 nitrogen and oxygen atoms in total. The van der Waals surface area contributed by atoms with Crippen molar-refractivity contribution in [3.05, 3.63) is 99.1 Å². The zero-order valence-electron chi connectivity index (χ0n) is 24.3. The maximum absolute atomic E-state index is 11.2. The number of ether oxygens (including phenoxy) is 3. The van der Waals surface area contributed by atoms with Gasteiger partial charge in [0, 0.05) is 12.6 Å². The second kappa shape index (κ2) is 16.1. The molecule has 0 saturated carbocycles. The van der Waals surface area contributed by atoms with Gasteiger partial charge in [-0.15, -0.1) is 0 Å². The van der Waals surface area contributed by atoms with Gasteiger partial charge in [-0.05, 0) is 21.5 Å². The minimum Gasteiger partial charge on any atom is -0.405 e. The van der Waals surface area contributed by atoms with Gasteiger partial charge in [-0.1, -0.05) is 81.4 Å². The first-order valence-corrected chi connectivity index (χ1v) is 15.7. The van der Waals surface area contributed by atoms with E-state index in [-0.39, 0.29) is 28.7 Å². The number of rotatable bonds is 18. The molecular weight excluding hydrogens is 558 g/mol. The standard InChI is InChI=1S/C30H39N3O8Si/c1-30(2,3)42(26-10-6-4-7-11-26,27-12-8-5-9-13-27)41-23-22-40-21-20-39-19-18-38-17-16-31-28-15-14-25(32(34)35)24-29(28)33(36)37/h4-15,24,31H,16-23H2,1-3H3. The molecule has 0 fully saturated rings. The molecule has 0 aromatic heterocycles. The summed E-state index contributed by atoms with van der Waals surface area (Å²) >= 11 is 0. The van der Waals surface area contributed by atoms with E-state index in [2.05, 4.69) is 74.6 Å². The molecule has 3 aromatic carbocycles. The van der Waals surface area contributed by atoms with E-state index in [1.807, 2.05) is 12.1 Å². The summed E-state index contributed by atoms with van der Waals surface area (Å²) in [6.07, 6.45) is 0. The van der Waals surface area contributed by atoms with E-state index in [0.717, 1.165) is 6.07 Å². The topological polar surface area (TPSA) is 135 Å². The zero-order valence-corrected chi connectivity index (χ0v) is 25.3. The molecule has 0 heterocycles. The number of hydrogen-bond donors (Lipinski definition) is 1. The van der Waals surface area contributed by atoms with Crippen LogP contribution in [0.5, 0.6) is 0 Å². The summed E-state index contributed by atoms with van der Waals surface area (Å²) in [4.78, 5) is 20.7. The largest absolute Gasteiger partial charge is 0.405 e. The van der Waals surface area contributed by atoms with Crippen molar-refractivity contribution in [1.82, 2.24) is 0 Å². The minimum absolute atomic E-state index is 0.0924. The number of hydrogen-bond acceptors (Lipinski definition) is 9. The van der Waals surface area contributed by atoms with Crippen molar-refractivity contribution in [3.8, 4) is 0 Å². The van der Waals surface area contributed by atoms with E-state index in [1.54, 1.807) is 0 Å². The number of non-ortho nitro benzene ring substituents is 1. The van der Waals surface area contributed by atoms with Crippen LogP contribution in [0.25, 0.3) is 0 Å². The van der Waals surface area contributed by atoms with Gasteiger partial charge in [0.15, 0.2) is 0 Å². The van der Waals surface area contributed by atoms with Crippen molar-refractivity contribution in [1.29, 1.82) is 0 Å². The van der Waals surface area contributed by atoms with E-state index in [4.69, 9.17) is 18.6 Å². The Hall–Kier alpha value is -3.68. The van der Waals surface area contributed by atoms with Gasteiger partial charge in [0.25, 0.3) is 19.7 Å². The average molecular weight is 598 g/mol. The smallest absolute Gasteiger partial charge is 0.299 e. The molecule has 0 amide bonds. The third-order valence-electron chi connectivity index (χ3n) is 6.66. The summed E-state index contributed by atoms with van der Waals surface area (Å²) in [5.74, 6) is 0. The number of nitrogens with one attached hydrogen (secondary N) is 1. The number of anilines is 1. The van der Waals surface area contributed by atoms with Crippen LogP contribution in [0.2, 0.25) is 5.04 Å². The van der Waals surface area contributed by atoms with Gasteiger partial charge in [-0.2, -0.15) is 0 Å². The molecule has 0 spiro atoms. The van der Waals surface area contributed by atoms with Gasteiger partial charge in [-0.25, -0.2) is 0 Å². The van der Waals surface area contributed by atoms with Crippen LogP contribution >= 0.6 is 0 Å². The van der Waals surface area contributed by atoms with Crippen LogP contribution in [0.1, 0.15) is 20.8 Å². The van der Waals surface area contributed by atoms with E-state index in [0.29, 0.717) is 46.2 Å². The molecule has 12 heteroatoms. The van der Waals surface area contributed by atoms with Gasteiger partial charge in [0.2, 0.25) is 0 Å². The van der Waals surface area contributed by atoms with Crippen LogP contribution in [0, 0.1) is 20.2 Å². The Morgan fingerprint density at radius 2 is 1.19 bits per heavy atom. The lowest BCUT2D eigenvalue weighted by molar-refractivity contribution is -0.393. The molecule has 0 radical (unpaired) electrons. The van der Waals surface area contributed by atoms with Crippen molar-refractivity contribution in [2.75, 3.05) is 58.1 Å². The molecule has 226 valence electrons. The Labute approximate surface area is 247 Å². The average Bonchev–Trinajstić information content (AvgIpc) is 2.97. The van der Waals surface area contributed by atoms with E-state index in [1.165, 1.54) is 22.5 Å². The summed E-state index contributed by atoms with van der Waals surface area (Å²) in [6.45, 7) is 9.79. The van der Waals surface area contributed by atoms with E-state index < -0.39 is 18.2 Å². The highest BCUT2D eigenvalue weighted by Crippen LogP contribution is 2.36. The van der Waals surface area contributed by atoms with Crippen molar-refractivity contribution in [2.45, 2.75) is 25.8 Å². The number of nitro groups is 2. The van der Waals surface area contributed by atoms with Crippen LogP contribution in [0.3, 0.4) is 0 Å². The van der Waals surface area contributed by atoms with Crippen molar-refractivity contribution in [3.63, 3.8) is 0 Å². The van der Waals surface area contributed by atoms with Gasteiger partial charge in [0.05, 0.1) is 62.2 Å². The predicted molar refractivity (Wildman–Crippen MR) is 164 cm³/mol. The molecule has 0 atom stereocenters. The fourth-order valence-corrected chi connectivity index (χ4v) is 9.29. The Bertz CT molecular complexity index is 1230. The summed E-state index contributed by atoms with van der Waals surface area (Å²) in [5, 5.41) is 27.3. The third kappa shape index (κ3) is 8.91. The molecule has 3 rings (SSSR count). The highest BCUT2D eigenvalue weighted by Gasteiger charge is 2.50. The Balaban J connectivity index is 1.34. The molecule has 0 aliphatic carbocycles. The Kier molecular flexibility index (Phi) is 12.6. The van der Waals surface area contributed by atoms with Crippen molar-refractivity contribution in [2.24, 2.45) is 0 Å². The van der Waals surface area contributed by atoms with E-state index >= 15 is 0 Å². The normalized spacial score (nSPS) is 11.8. The molecule has 0 aliphatic heterocycles. The molecule has 0 bridgehead atoms. The highest BCUT2D eigenvalue weighted by atomic mass is 28.4. The molecule has 0 unspecified atom stereocenters. The molecule has 0 aliphatic rings. The summed E-state index contributed by atoms with van der Waals surface area (Å²) in [7, 11) is -2.58. The third-order valence-corrected chi connectivity index (χ3v) is 11.7. The lowest BCUT2D eigenvalue weighted by Gasteiger charge is -2.43. The summed E-state index contributed by atoms with van der Waals surface area (Å²) < 4.78 is 23.6. The Morgan fingerprint density at radius 3 is 1.67 bits per heavy atom. The second-order valence-corrected chi connectivity index (χ2v) is 14.8. The first-order chi connectivity index (χ1) is 20.2. The van der Waals surface area contributed by atoms with Gasteiger partial charge >= 0.3 is 0 Å². The fourth-order valence-electron chi connectivity index (χ4n) is 4.75. The van der Waals surface area contributed by atoms with Crippen LogP contribution in [0.15, 0.2) is 78.9 Å². The van der Waals surface area contributed by atoms with Gasteiger partial charge in [0.1, 0.15) is 5.69 Å². The maximum atomic E-state index is 11.2. The molecular formula is C30H39N3O8Si. The summed E-state index contributed by atoms with van der Waals surface area (Å²) in [5.41, 5.74) is -0.498. The predicted octanol–water partition coefficient (Wildman–Crippen LogP) is 4.54. The Morgan fingerprint density at radius 1 is 0.690 bits per heavy atom. The first-order valence-electron chi connectivity index (χ1n) is 13.8. The lowest BCUT2D eigenvalue weighted by Crippen LogP contribution is -2.66. The molecule has 1 N–H and O–H groups in total. The highest BCUT2D eigenvalue weighted by molar-refractivity contribution is 6.99. The summed E-state index contributed by atoms with van der Waals surface area (Å²) in [6, 6.07) is 24.4. The zero-order chi connectivity index (χ0) is 30.4. The van der Waals surface area contributed by atoms with Crippen LogP contribution in [-0.4, -0.2) is 71.0 Å². The molecule has 3 aromatic rings. The fraction of sp³-hybridized carbons (Fsp3) is 0.400. The SMILES string of the molecule is CC(C)(C)[Si](OCCOCCOCCOCCNc1ccc([N+](=O)[O-])cc1[N+](=O)[O-])(c1ccccc1)c1ccccc1. The monoisotopic (exact) mass is 597 g/mol. The molecule has 42 heavy (non-hydrogen) atoms. The quantitative estimate of drug-likeness (QED) is 0.0970. The maximum Gasteiger partial charge on any atom is 0.299 e. The second-order valence-electron chi connectivity index (χ2n) is 10.5. The van der Waals surface area contributed by atoms with Crippen molar-refractivity contribution >= 4 is 35.8 Å². The van der Waals surface area contributed by atoms with Gasteiger partial charge < -0.3 is 24.0 Å². The van der Waals surface area contributed by atoms with E-state index in [9.17, 15) is 20.2 Å². The van der Waals surface area contributed by atoms with Crippen LogP contribution < -0.4 is 15.7 Å². The number of benzene rings is 3. The number of nitro benzene ring substituents is 2. The van der Waals surface area contributed by atoms with Crippen molar-refractivity contribution < 1.29 is 28.5 Å². The van der Waals surface area contributed by atoms with Crippen LogP contribution in [-0.2, 0) is 18.6 Å². The lowest BCUT2D eigenvalue weighted by atomic mass is 10.2. The first kappa shape index (κ1) is 32.8. The van der Waals surface area contributed by atoms with Crippen LogP contribution in [0.4, 0.5) is 17.1 Å². The molecule has 0 saturated heterocycles. The van der Waals surface area contributed by atoms with Gasteiger partial charge in [-0.3, -0.25) is 20.2 Å². The minimum atomic E-state index is -2.58. The number of nitrogens with zero attached hydrogens (tertiary/aromatic N) is 2.